The van der Waals surface area contributed by atoms with E-state index in [9.17, 15) is 8.42 Å². The van der Waals surface area contributed by atoms with E-state index in [1.807, 2.05) is 31.2 Å². The molecular formula is C18H29ClN2O2RuS. The third-order valence-electron chi connectivity index (χ3n) is 4.82. The van der Waals surface area contributed by atoms with Crippen molar-refractivity contribution in [3.8, 4) is 0 Å². The predicted molar refractivity (Wildman–Crippen MR) is 103 cm³/mol. The quantitative estimate of drug-likeness (QED) is 0.407. The van der Waals surface area contributed by atoms with Gasteiger partial charge in [-0.2, -0.15) is 0 Å². The molecule has 1 aromatic carbocycles. The zero-order valence-electron chi connectivity index (χ0n) is 15.6. The van der Waals surface area contributed by atoms with Crippen LogP contribution in [0, 0.1) is 26.2 Å². The molecule has 0 aromatic heterocycles. The molecule has 144 valence electrons. The molecule has 4 nitrogen and oxygen atoms in total. The molecular weight excluding hydrogens is 445 g/mol. The van der Waals surface area contributed by atoms with Gasteiger partial charge < -0.3 is 17.9 Å². The summed E-state index contributed by atoms with van der Waals surface area (Å²) in [6.07, 6.45) is 2.37. The first-order valence-corrected chi connectivity index (χ1v) is 11.7. The van der Waals surface area contributed by atoms with Crippen molar-refractivity contribution in [1.29, 1.82) is 0 Å². The molecule has 0 heterocycles. The number of benzene rings is 1. The van der Waals surface area contributed by atoms with Gasteiger partial charge in [-0.1, -0.05) is 57.7 Å². The van der Waals surface area contributed by atoms with E-state index in [0.717, 1.165) is 12.0 Å². The fraction of sp³-hybridized carbons (Fsp3) is 0.611. The SMILES string of the molecule is Cc1ccc(S(=O)(=O)[N-][C@H]2C[C@H](C(C)C)CC[C@]2(C)[NH-])cc1.[CH3-].[Cl][Ru+3]. The maximum atomic E-state index is 12.5. The van der Waals surface area contributed by atoms with Gasteiger partial charge in [0.1, 0.15) is 10.0 Å². The number of hydrogen-bond donors (Lipinski definition) is 0. The molecule has 1 aliphatic rings. The molecule has 1 aliphatic carbocycles. The van der Waals surface area contributed by atoms with Gasteiger partial charge in [-0.25, -0.2) is 8.42 Å². The molecule has 0 aliphatic heterocycles. The van der Waals surface area contributed by atoms with E-state index in [2.05, 4.69) is 28.3 Å². The van der Waals surface area contributed by atoms with Crippen molar-refractivity contribution in [1.82, 2.24) is 0 Å². The van der Waals surface area contributed by atoms with Gasteiger partial charge in [0.25, 0.3) is 0 Å². The Morgan fingerprint density at radius 1 is 1.28 bits per heavy atom. The fourth-order valence-corrected chi connectivity index (χ4v) is 4.28. The number of sulfonamides is 1. The van der Waals surface area contributed by atoms with E-state index < -0.39 is 21.6 Å². The molecule has 3 atom stereocenters. The van der Waals surface area contributed by atoms with Crippen molar-refractivity contribution in [3.05, 3.63) is 47.7 Å². The van der Waals surface area contributed by atoms with Gasteiger partial charge >= 0.3 is 27.0 Å². The van der Waals surface area contributed by atoms with Crippen LogP contribution in [0.25, 0.3) is 10.5 Å². The minimum atomic E-state index is -3.69. The molecule has 1 N–H and O–H groups in total. The van der Waals surface area contributed by atoms with Gasteiger partial charge in [-0.3, -0.25) is 0 Å². The molecule has 0 bridgehead atoms. The van der Waals surface area contributed by atoms with Crippen molar-refractivity contribution < 1.29 is 25.7 Å². The number of nitrogens with zero attached hydrogens (tertiary/aromatic N) is 1. The fourth-order valence-electron chi connectivity index (χ4n) is 3.02. The zero-order valence-corrected chi connectivity index (χ0v) is 18.9. The Balaban J connectivity index is 0.00000185. The second kappa shape index (κ2) is 10.4. The van der Waals surface area contributed by atoms with E-state index in [4.69, 9.17) is 5.73 Å². The summed E-state index contributed by atoms with van der Waals surface area (Å²) in [7, 11) is 0.877. The normalized spacial score (nSPS) is 26.4. The first-order valence-electron chi connectivity index (χ1n) is 8.04. The second-order valence-corrected chi connectivity index (χ2v) is 8.74. The number of halogens is 1. The predicted octanol–water partition coefficient (Wildman–Crippen LogP) is 5.83. The summed E-state index contributed by atoms with van der Waals surface area (Å²) in [6.45, 7) is 8.04. The van der Waals surface area contributed by atoms with E-state index in [1.165, 1.54) is 0 Å². The molecule has 7 heteroatoms. The van der Waals surface area contributed by atoms with Gasteiger partial charge in [0.15, 0.2) is 0 Å². The number of rotatable bonds is 4. The van der Waals surface area contributed by atoms with Gasteiger partial charge in [-0.05, 0) is 30.9 Å². The number of aryl methyl sites for hydroxylation is 1. The Morgan fingerprint density at radius 2 is 1.80 bits per heavy atom. The van der Waals surface area contributed by atoms with Crippen LogP contribution in [-0.4, -0.2) is 20.0 Å². The molecule has 2 rings (SSSR count). The first kappa shape index (κ1) is 25.0. The molecule has 1 fully saturated rings. The van der Waals surface area contributed by atoms with Crippen LogP contribution in [0.3, 0.4) is 0 Å². The van der Waals surface area contributed by atoms with Crippen LogP contribution < -0.4 is 0 Å². The summed E-state index contributed by atoms with van der Waals surface area (Å²) in [6, 6.07) is 6.29. The van der Waals surface area contributed by atoms with Crippen LogP contribution in [-0.2, 0) is 27.3 Å². The summed E-state index contributed by atoms with van der Waals surface area (Å²) in [5.74, 6) is 0.941. The van der Waals surface area contributed by atoms with Crippen molar-refractivity contribution in [3.63, 3.8) is 0 Å². The molecule has 1 aromatic rings. The molecule has 0 saturated heterocycles. The van der Waals surface area contributed by atoms with Crippen LogP contribution in [0.5, 0.6) is 0 Å². The first-order chi connectivity index (χ1) is 11.1. The van der Waals surface area contributed by atoms with Crippen molar-refractivity contribution in [2.24, 2.45) is 11.8 Å². The summed E-state index contributed by atoms with van der Waals surface area (Å²) < 4.78 is 29.2. The average molecular weight is 474 g/mol. The van der Waals surface area contributed by atoms with Gasteiger partial charge in [0, 0.05) is 4.90 Å². The Kier molecular flexibility index (Phi) is 10.4. The van der Waals surface area contributed by atoms with Crippen LogP contribution in [0.1, 0.15) is 45.6 Å². The Labute approximate surface area is 168 Å². The monoisotopic (exact) mass is 474 g/mol. The molecule has 0 radical (unpaired) electrons. The van der Waals surface area contributed by atoms with E-state index >= 15 is 0 Å². The topological polar surface area (TPSA) is 72.0 Å². The summed E-state index contributed by atoms with van der Waals surface area (Å²) in [4.78, 5) is 0.223. The molecule has 0 unspecified atom stereocenters. The van der Waals surface area contributed by atoms with E-state index in [0.29, 0.717) is 24.7 Å². The number of hydrogen-bond acceptors (Lipinski definition) is 2. The molecule has 0 amide bonds. The van der Waals surface area contributed by atoms with Gasteiger partial charge in [-0.15, -0.1) is 11.6 Å². The van der Waals surface area contributed by atoms with Crippen LogP contribution in [0.4, 0.5) is 0 Å². The third kappa shape index (κ3) is 6.91. The second-order valence-electron chi connectivity index (χ2n) is 7.11. The summed E-state index contributed by atoms with van der Waals surface area (Å²) in [5, 5.41) is 0. The van der Waals surface area contributed by atoms with Crippen LogP contribution in [0.15, 0.2) is 29.2 Å². The molecule has 1 saturated carbocycles. The Morgan fingerprint density at radius 3 is 2.28 bits per heavy atom. The summed E-state index contributed by atoms with van der Waals surface area (Å²) in [5.41, 5.74) is 8.65. The van der Waals surface area contributed by atoms with E-state index in [-0.39, 0.29) is 12.3 Å². The maximum absolute atomic E-state index is 12.5. The standard InChI is InChI=1S/C17H26N2O2S.CH3.ClH.Ru/c1-12(2)14-9-10-17(4,18)16(11-14)19-22(20,21)15-7-5-13(3)6-8-15;;;/h5-8,12,14,16,18H,9-11H2,1-4H3;1H3;1H;/q-2;-1;;+4/p-1/t14-,16+,17+;;;/m1.../s1. The van der Waals surface area contributed by atoms with Crippen molar-refractivity contribution >= 4 is 19.7 Å². The van der Waals surface area contributed by atoms with Crippen LogP contribution >= 0.6 is 9.69 Å². The Bertz CT molecular complexity index is 618. The van der Waals surface area contributed by atoms with Crippen molar-refractivity contribution in [2.45, 2.75) is 63.4 Å². The zero-order chi connectivity index (χ0) is 18.5. The average Bonchev–Trinajstić information content (AvgIpc) is 2.51. The Hall–Kier alpha value is 0.00338. The van der Waals surface area contributed by atoms with E-state index in [1.54, 1.807) is 24.3 Å². The van der Waals surface area contributed by atoms with Gasteiger partial charge in [0.2, 0.25) is 0 Å². The third-order valence-corrected chi connectivity index (χ3v) is 6.22. The molecule has 0 spiro atoms. The van der Waals surface area contributed by atoms with Crippen molar-refractivity contribution in [2.75, 3.05) is 0 Å². The summed E-state index contributed by atoms with van der Waals surface area (Å²) >= 11 is 1.82. The molecule has 25 heavy (non-hydrogen) atoms. The van der Waals surface area contributed by atoms with Gasteiger partial charge in [0.05, 0.1) is 0 Å². The minimum absolute atomic E-state index is 0. The van der Waals surface area contributed by atoms with Crippen LogP contribution in [0.2, 0.25) is 0 Å². The number of nitrogens with one attached hydrogen (secondary N) is 1.